The number of hydrogen-bond donors (Lipinski definition) is 2. The van der Waals surface area contributed by atoms with Crippen molar-refractivity contribution in [2.75, 3.05) is 6.61 Å². The predicted octanol–water partition coefficient (Wildman–Crippen LogP) is 5.60. The van der Waals surface area contributed by atoms with E-state index in [0.29, 0.717) is 23.6 Å². The van der Waals surface area contributed by atoms with Crippen LogP contribution >= 0.6 is 11.6 Å². The molecule has 35 heavy (non-hydrogen) atoms. The van der Waals surface area contributed by atoms with Crippen LogP contribution in [0.5, 0.6) is 5.75 Å². The van der Waals surface area contributed by atoms with Crippen LogP contribution in [-0.2, 0) is 16.9 Å². The minimum atomic E-state index is -5.03. The van der Waals surface area contributed by atoms with Crippen molar-refractivity contribution in [1.29, 1.82) is 0 Å². The van der Waals surface area contributed by atoms with Crippen LogP contribution in [0.25, 0.3) is 0 Å². The zero-order chi connectivity index (χ0) is 25.8. The second kappa shape index (κ2) is 10.9. The Hall–Kier alpha value is -2.72. The third kappa shape index (κ3) is 5.92. The Morgan fingerprint density at radius 2 is 1.74 bits per heavy atom. The largest absolute Gasteiger partial charge is 0.489 e. The molecule has 3 unspecified atom stereocenters. The minimum Gasteiger partial charge on any atom is -0.489 e. The number of aliphatic hydroxyl groups excluding tert-OH is 1. The molecule has 188 valence electrons. The van der Waals surface area contributed by atoms with Gasteiger partial charge in [-0.25, -0.2) is 0 Å². The molecule has 0 aliphatic heterocycles. The van der Waals surface area contributed by atoms with E-state index in [-0.39, 0.29) is 17.2 Å². The fourth-order valence-corrected chi connectivity index (χ4v) is 3.91. The standard InChI is InChI=1S/C25H26ClF3N2O4/c1-4-34-23(32)18-7-5-17(6-8-18)14-35-19-9-10-20(21(26)11-19)16(3)24(33,25(27,28)29)22-13-30-15(2)12-31-22/h5-13,16,23,32-33H,4,14H2,1-3H3. The van der Waals surface area contributed by atoms with Gasteiger partial charge in [-0.3, -0.25) is 9.97 Å². The molecule has 0 amide bonds. The van der Waals surface area contributed by atoms with Crippen molar-refractivity contribution in [3.8, 4) is 5.75 Å². The zero-order valence-corrected chi connectivity index (χ0v) is 20.1. The van der Waals surface area contributed by atoms with E-state index >= 15 is 0 Å². The monoisotopic (exact) mass is 510 g/mol. The topological polar surface area (TPSA) is 84.7 Å². The number of rotatable bonds is 9. The first-order chi connectivity index (χ1) is 16.5. The number of ether oxygens (including phenoxy) is 2. The lowest BCUT2D eigenvalue weighted by atomic mass is 9.80. The highest BCUT2D eigenvalue weighted by atomic mass is 35.5. The fraction of sp³-hybridized carbons (Fsp3) is 0.360. The van der Waals surface area contributed by atoms with Gasteiger partial charge < -0.3 is 19.7 Å². The molecule has 0 aliphatic carbocycles. The van der Waals surface area contributed by atoms with Crippen molar-refractivity contribution in [1.82, 2.24) is 9.97 Å². The first-order valence-electron chi connectivity index (χ1n) is 10.9. The molecule has 1 heterocycles. The summed E-state index contributed by atoms with van der Waals surface area (Å²) in [6, 6.07) is 11.2. The highest BCUT2D eigenvalue weighted by molar-refractivity contribution is 6.31. The van der Waals surface area contributed by atoms with Crippen LogP contribution in [0.1, 0.15) is 54.1 Å². The van der Waals surface area contributed by atoms with Gasteiger partial charge in [0, 0.05) is 29.3 Å². The van der Waals surface area contributed by atoms with Gasteiger partial charge in [-0.15, -0.1) is 0 Å². The van der Waals surface area contributed by atoms with Crippen LogP contribution < -0.4 is 4.74 Å². The molecule has 0 radical (unpaired) electrons. The van der Waals surface area contributed by atoms with Crippen LogP contribution in [-0.4, -0.2) is 33.0 Å². The maximum Gasteiger partial charge on any atom is 0.423 e. The Morgan fingerprint density at radius 3 is 2.29 bits per heavy atom. The number of hydrogen-bond acceptors (Lipinski definition) is 6. The van der Waals surface area contributed by atoms with E-state index in [0.717, 1.165) is 11.8 Å². The summed E-state index contributed by atoms with van der Waals surface area (Å²) in [5, 5.41) is 20.7. The second-order valence-corrected chi connectivity index (χ2v) is 8.46. The van der Waals surface area contributed by atoms with E-state index in [1.54, 1.807) is 38.1 Å². The summed E-state index contributed by atoms with van der Waals surface area (Å²) in [7, 11) is 0. The average molecular weight is 511 g/mol. The molecule has 0 bridgehead atoms. The third-order valence-corrected chi connectivity index (χ3v) is 5.99. The summed E-state index contributed by atoms with van der Waals surface area (Å²) in [6.07, 6.45) is -3.95. The molecular formula is C25H26ClF3N2O4. The lowest BCUT2D eigenvalue weighted by Crippen LogP contribution is -2.47. The second-order valence-electron chi connectivity index (χ2n) is 8.05. The predicted molar refractivity (Wildman–Crippen MR) is 124 cm³/mol. The van der Waals surface area contributed by atoms with E-state index in [9.17, 15) is 23.4 Å². The Balaban J connectivity index is 1.78. The van der Waals surface area contributed by atoms with E-state index in [2.05, 4.69) is 9.97 Å². The molecule has 10 heteroatoms. The van der Waals surface area contributed by atoms with Crippen LogP contribution in [0.2, 0.25) is 5.02 Å². The SMILES string of the molecule is CCOC(O)c1ccc(COc2ccc(C(C)C(O)(c3cnc(C)cn3)C(F)(F)F)c(Cl)c2)cc1. The number of aromatic nitrogens is 2. The average Bonchev–Trinajstić information content (AvgIpc) is 2.82. The number of alkyl halides is 3. The Morgan fingerprint density at radius 1 is 1.06 bits per heavy atom. The van der Waals surface area contributed by atoms with Gasteiger partial charge in [-0.2, -0.15) is 13.2 Å². The Labute approximate surface area is 206 Å². The minimum absolute atomic E-state index is 0.00734. The van der Waals surface area contributed by atoms with E-state index in [1.807, 2.05) is 0 Å². The van der Waals surface area contributed by atoms with Gasteiger partial charge in [-0.05, 0) is 37.1 Å². The van der Waals surface area contributed by atoms with Crippen molar-refractivity contribution in [3.05, 3.63) is 88.0 Å². The van der Waals surface area contributed by atoms with Crippen molar-refractivity contribution >= 4 is 11.6 Å². The molecule has 2 N–H and O–H groups in total. The summed E-state index contributed by atoms with van der Waals surface area (Å²) < 4.78 is 53.0. The molecule has 3 rings (SSSR count). The summed E-state index contributed by atoms with van der Waals surface area (Å²) in [4.78, 5) is 7.63. The third-order valence-electron chi connectivity index (χ3n) is 5.66. The quantitative estimate of drug-likeness (QED) is 0.365. The van der Waals surface area contributed by atoms with Gasteiger partial charge in [0.25, 0.3) is 0 Å². The highest BCUT2D eigenvalue weighted by Gasteiger charge is 2.60. The molecular weight excluding hydrogens is 485 g/mol. The zero-order valence-electron chi connectivity index (χ0n) is 19.4. The normalized spacial score (nSPS) is 15.3. The first-order valence-corrected chi connectivity index (χ1v) is 11.2. The maximum atomic E-state index is 14.1. The molecule has 3 aromatic rings. The first kappa shape index (κ1) is 26.9. The number of benzene rings is 2. The molecule has 0 spiro atoms. The molecule has 0 saturated heterocycles. The number of aryl methyl sites for hydroxylation is 1. The lowest BCUT2D eigenvalue weighted by molar-refractivity contribution is -0.276. The number of halogens is 4. The van der Waals surface area contributed by atoms with E-state index < -0.39 is 29.7 Å². The molecule has 3 atom stereocenters. The number of nitrogens with zero attached hydrogens (tertiary/aromatic N) is 2. The number of aliphatic hydroxyl groups is 2. The molecule has 6 nitrogen and oxygen atoms in total. The van der Waals surface area contributed by atoms with Crippen molar-refractivity contribution in [2.24, 2.45) is 0 Å². The summed E-state index contributed by atoms with van der Waals surface area (Å²) in [5.74, 6) is -1.14. The Kier molecular flexibility index (Phi) is 8.38. The fourth-order valence-electron chi connectivity index (χ4n) is 3.58. The van der Waals surface area contributed by atoms with Crippen LogP contribution in [0, 0.1) is 6.92 Å². The molecule has 0 aliphatic rings. The molecule has 0 fully saturated rings. The maximum absolute atomic E-state index is 14.1. The Bertz CT molecular complexity index is 1130. The van der Waals surface area contributed by atoms with Gasteiger partial charge in [0.2, 0.25) is 5.60 Å². The van der Waals surface area contributed by atoms with E-state index in [4.69, 9.17) is 21.1 Å². The van der Waals surface area contributed by atoms with Gasteiger partial charge >= 0.3 is 6.18 Å². The van der Waals surface area contributed by atoms with Crippen molar-refractivity contribution in [3.63, 3.8) is 0 Å². The van der Waals surface area contributed by atoms with Crippen molar-refractivity contribution < 1.29 is 32.9 Å². The van der Waals surface area contributed by atoms with E-state index in [1.165, 1.54) is 31.3 Å². The summed E-state index contributed by atoms with van der Waals surface area (Å²) >= 11 is 6.32. The van der Waals surface area contributed by atoms with Gasteiger partial charge in [0.05, 0.1) is 11.9 Å². The van der Waals surface area contributed by atoms with Crippen LogP contribution in [0.4, 0.5) is 13.2 Å². The van der Waals surface area contributed by atoms with Gasteiger partial charge in [0.15, 0.2) is 6.29 Å². The summed E-state index contributed by atoms with van der Waals surface area (Å²) in [5.41, 5.74) is -2.01. The van der Waals surface area contributed by atoms with Crippen LogP contribution in [0.3, 0.4) is 0 Å². The smallest absolute Gasteiger partial charge is 0.423 e. The summed E-state index contributed by atoms with van der Waals surface area (Å²) in [6.45, 7) is 5.14. The molecule has 2 aromatic carbocycles. The molecule has 0 saturated carbocycles. The van der Waals surface area contributed by atoms with Crippen LogP contribution in [0.15, 0.2) is 54.9 Å². The van der Waals surface area contributed by atoms with Crippen molar-refractivity contribution in [2.45, 2.75) is 51.4 Å². The lowest BCUT2D eigenvalue weighted by Gasteiger charge is -2.35. The highest BCUT2D eigenvalue weighted by Crippen LogP contribution is 2.49. The van der Waals surface area contributed by atoms with Gasteiger partial charge in [-0.1, -0.05) is 48.9 Å². The van der Waals surface area contributed by atoms with Gasteiger partial charge in [0.1, 0.15) is 18.1 Å². The molecule has 1 aromatic heterocycles.